The fraction of sp³-hybridized carbons (Fsp3) is 0.524. The molecule has 0 N–H and O–H groups in total. The van der Waals surface area contributed by atoms with Crippen molar-refractivity contribution in [2.24, 2.45) is 0 Å². The molecule has 0 saturated carbocycles. The molecule has 0 radical (unpaired) electrons. The minimum Gasteiger partial charge on any atom is -0.496 e. The predicted octanol–water partition coefficient (Wildman–Crippen LogP) is 4.43. The van der Waals surface area contributed by atoms with Gasteiger partial charge in [0, 0.05) is 37.8 Å². The highest BCUT2D eigenvalue weighted by Gasteiger charge is 2.34. The molecule has 0 saturated heterocycles. The van der Waals surface area contributed by atoms with E-state index in [1.807, 2.05) is 18.2 Å². The van der Waals surface area contributed by atoms with Crippen LogP contribution in [0, 0.1) is 0 Å². The largest absolute Gasteiger partial charge is 0.496 e. The van der Waals surface area contributed by atoms with E-state index in [0.717, 1.165) is 28.5 Å². The monoisotopic (exact) mass is 378 g/mol. The number of rotatable bonds is 9. The summed E-state index contributed by atoms with van der Waals surface area (Å²) >= 11 is 0. The average Bonchev–Trinajstić information content (AvgIpc) is 2.72. The SMILES string of the molecule is CCC(C)c1c(OC)c(OC)cc2c(OC)cc(C(OC)(OC)OC)cc12. The van der Waals surface area contributed by atoms with Crippen molar-refractivity contribution in [1.29, 1.82) is 0 Å². The Morgan fingerprint density at radius 1 is 0.778 bits per heavy atom. The highest BCUT2D eigenvalue weighted by molar-refractivity contribution is 5.95. The highest BCUT2D eigenvalue weighted by Crippen LogP contribution is 2.46. The van der Waals surface area contributed by atoms with Crippen LogP contribution in [0.25, 0.3) is 10.8 Å². The van der Waals surface area contributed by atoms with Crippen LogP contribution in [-0.4, -0.2) is 42.7 Å². The van der Waals surface area contributed by atoms with Crippen molar-refractivity contribution in [3.05, 3.63) is 29.3 Å². The second-order valence-electron chi connectivity index (χ2n) is 6.28. The molecule has 0 heterocycles. The molecule has 0 aliphatic carbocycles. The molecular weight excluding hydrogens is 348 g/mol. The number of fused-ring (bicyclic) bond motifs is 1. The van der Waals surface area contributed by atoms with Crippen molar-refractivity contribution in [2.45, 2.75) is 32.2 Å². The van der Waals surface area contributed by atoms with Crippen LogP contribution in [0.3, 0.4) is 0 Å². The van der Waals surface area contributed by atoms with Crippen molar-refractivity contribution in [3.63, 3.8) is 0 Å². The van der Waals surface area contributed by atoms with E-state index in [2.05, 4.69) is 13.8 Å². The third kappa shape index (κ3) is 3.57. The molecule has 0 aromatic heterocycles. The fourth-order valence-corrected chi connectivity index (χ4v) is 3.45. The number of hydrogen-bond acceptors (Lipinski definition) is 6. The average molecular weight is 378 g/mol. The number of ether oxygens (including phenoxy) is 6. The van der Waals surface area contributed by atoms with E-state index in [0.29, 0.717) is 17.1 Å². The van der Waals surface area contributed by atoms with Crippen LogP contribution in [0.1, 0.15) is 37.3 Å². The first kappa shape index (κ1) is 21.3. The molecule has 0 fully saturated rings. The first-order valence-electron chi connectivity index (χ1n) is 8.89. The Morgan fingerprint density at radius 3 is 1.81 bits per heavy atom. The molecule has 0 spiro atoms. The summed E-state index contributed by atoms with van der Waals surface area (Å²) in [6.07, 6.45) is 0.940. The molecular formula is C21H30O6. The lowest BCUT2D eigenvalue weighted by molar-refractivity contribution is -0.364. The van der Waals surface area contributed by atoms with E-state index in [1.54, 1.807) is 21.3 Å². The van der Waals surface area contributed by atoms with E-state index in [-0.39, 0.29) is 5.92 Å². The van der Waals surface area contributed by atoms with Crippen LogP contribution in [0.2, 0.25) is 0 Å². The van der Waals surface area contributed by atoms with Crippen LogP contribution in [-0.2, 0) is 20.2 Å². The predicted molar refractivity (Wildman–Crippen MR) is 105 cm³/mol. The van der Waals surface area contributed by atoms with Crippen molar-refractivity contribution < 1.29 is 28.4 Å². The number of benzene rings is 2. The maximum atomic E-state index is 5.72. The van der Waals surface area contributed by atoms with Crippen molar-refractivity contribution in [3.8, 4) is 17.2 Å². The van der Waals surface area contributed by atoms with Gasteiger partial charge in [0.25, 0.3) is 0 Å². The molecule has 27 heavy (non-hydrogen) atoms. The van der Waals surface area contributed by atoms with Gasteiger partial charge in [0.1, 0.15) is 5.75 Å². The molecule has 1 unspecified atom stereocenters. The molecule has 0 aliphatic rings. The quantitative estimate of drug-likeness (QED) is 0.602. The van der Waals surface area contributed by atoms with Crippen LogP contribution in [0.15, 0.2) is 18.2 Å². The van der Waals surface area contributed by atoms with E-state index in [4.69, 9.17) is 28.4 Å². The van der Waals surface area contributed by atoms with Gasteiger partial charge in [-0.25, -0.2) is 0 Å². The Balaban J connectivity index is 2.99. The maximum Gasteiger partial charge on any atom is 0.311 e. The summed E-state index contributed by atoms with van der Waals surface area (Å²) in [4.78, 5) is 0. The van der Waals surface area contributed by atoms with Crippen molar-refractivity contribution in [1.82, 2.24) is 0 Å². The van der Waals surface area contributed by atoms with Gasteiger partial charge in [-0.05, 0) is 35.9 Å². The standard InChI is InChI=1S/C21H30O6/c1-9-13(2)19-16-10-14(21(25-6,26-7)27-8)11-17(22-3)15(16)12-18(23-4)20(19)24-5/h10-13H,9H2,1-8H3. The molecule has 2 aromatic rings. The smallest absolute Gasteiger partial charge is 0.311 e. The molecule has 1 atom stereocenters. The molecule has 0 amide bonds. The van der Waals surface area contributed by atoms with Crippen molar-refractivity contribution in [2.75, 3.05) is 42.7 Å². The van der Waals surface area contributed by atoms with E-state index in [1.165, 1.54) is 21.3 Å². The summed E-state index contributed by atoms with van der Waals surface area (Å²) in [5, 5.41) is 1.90. The first-order chi connectivity index (χ1) is 13.0. The topological polar surface area (TPSA) is 55.4 Å². The Labute approximate surface area is 161 Å². The lowest BCUT2D eigenvalue weighted by Gasteiger charge is -2.30. The second-order valence-corrected chi connectivity index (χ2v) is 6.28. The molecule has 2 aromatic carbocycles. The molecule has 150 valence electrons. The molecule has 6 nitrogen and oxygen atoms in total. The van der Waals surface area contributed by atoms with Gasteiger partial charge < -0.3 is 28.4 Å². The first-order valence-corrected chi connectivity index (χ1v) is 8.89. The van der Waals surface area contributed by atoms with Gasteiger partial charge in [-0.15, -0.1) is 0 Å². The fourth-order valence-electron chi connectivity index (χ4n) is 3.45. The van der Waals surface area contributed by atoms with Crippen LogP contribution in [0.4, 0.5) is 0 Å². The summed E-state index contributed by atoms with van der Waals surface area (Å²) in [6.45, 7) is 4.30. The second kappa shape index (κ2) is 8.78. The van der Waals surface area contributed by atoms with Gasteiger partial charge in [0.2, 0.25) is 0 Å². The molecule has 2 rings (SSSR count). The van der Waals surface area contributed by atoms with Gasteiger partial charge in [-0.3, -0.25) is 0 Å². The van der Waals surface area contributed by atoms with E-state index < -0.39 is 5.97 Å². The van der Waals surface area contributed by atoms with Gasteiger partial charge in [-0.1, -0.05) is 13.8 Å². The van der Waals surface area contributed by atoms with Crippen LogP contribution < -0.4 is 14.2 Å². The third-order valence-electron chi connectivity index (χ3n) is 5.08. The number of hydrogen-bond donors (Lipinski definition) is 0. The summed E-state index contributed by atoms with van der Waals surface area (Å²) in [7, 11) is 9.53. The summed E-state index contributed by atoms with van der Waals surface area (Å²) in [6, 6.07) is 5.78. The lowest BCUT2D eigenvalue weighted by atomic mass is 9.90. The molecule has 0 aliphatic heterocycles. The zero-order chi connectivity index (χ0) is 20.2. The van der Waals surface area contributed by atoms with Crippen LogP contribution >= 0.6 is 0 Å². The third-order valence-corrected chi connectivity index (χ3v) is 5.08. The zero-order valence-electron chi connectivity index (χ0n) is 17.5. The Hall–Kier alpha value is -2.02. The maximum absolute atomic E-state index is 5.72. The van der Waals surface area contributed by atoms with Crippen LogP contribution in [0.5, 0.6) is 17.2 Å². The Morgan fingerprint density at radius 2 is 1.37 bits per heavy atom. The van der Waals surface area contributed by atoms with Gasteiger partial charge in [-0.2, -0.15) is 0 Å². The lowest BCUT2D eigenvalue weighted by Crippen LogP contribution is -2.33. The summed E-state index contributed by atoms with van der Waals surface area (Å²) in [5.74, 6) is 0.962. The van der Waals surface area contributed by atoms with E-state index >= 15 is 0 Å². The van der Waals surface area contributed by atoms with Gasteiger partial charge in [0.15, 0.2) is 11.5 Å². The number of methoxy groups -OCH3 is 6. The Kier molecular flexibility index (Phi) is 6.92. The zero-order valence-corrected chi connectivity index (χ0v) is 17.5. The highest BCUT2D eigenvalue weighted by atomic mass is 16.9. The molecule has 0 bridgehead atoms. The minimum atomic E-state index is -1.33. The molecule has 6 heteroatoms. The van der Waals surface area contributed by atoms with E-state index in [9.17, 15) is 0 Å². The summed E-state index contributed by atoms with van der Waals surface area (Å²) < 4.78 is 33.6. The minimum absolute atomic E-state index is 0.236. The summed E-state index contributed by atoms with van der Waals surface area (Å²) in [5.41, 5.74) is 1.74. The van der Waals surface area contributed by atoms with Gasteiger partial charge >= 0.3 is 5.97 Å². The van der Waals surface area contributed by atoms with Gasteiger partial charge in [0.05, 0.1) is 21.3 Å². The normalized spacial score (nSPS) is 12.9. The Bertz CT molecular complexity index is 774. The van der Waals surface area contributed by atoms with Crippen molar-refractivity contribution >= 4 is 10.8 Å².